The van der Waals surface area contributed by atoms with E-state index in [-0.39, 0.29) is 29.7 Å². The molecule has 30 heavy (non-hydrogen) atoms. The summed E-state index contributed by atoms with van der Waals surface area (Å²) in [5, 5.41) is 13.9. The van der Waals surface area contributed by atoms with Gasteiger partial charge < -0.3 is 10.8 Å². The van der Waals surface area contributed by atoms with Gasteiger partial charge in [-0.3, -0.25) is 10.1 Å². The molecule has 7 nitrogen and oxygen atoms in total. The van der Waals surface area contributed by atoms with Crippen LogP contribution in [-0.2, 0) is 14.8 Å². The quantitative estimate of drug-likeness (QED) is 0.474. The summed E-state index contributed by atoms with van der Waals surface area (Å²) in [5.74, 6) is -2.27. The highest BCUT2D eigenvalue weighted by atomic mass is 32.2. The number of hydrogen-bond acceptors (Lipinski definition) is 5. The Labute approximate surface area is 175 Å². The second kappa shape index (κ2) is 8.14. The van der Waals surface area contributed by atoms with E-state index in [1.54, 1.807) is 0 Å². The van der Waals surface area contributed by atoms with Crippen LogP contribution < -0.4 is 15.8 Å². The SMILES string of the molecule is CC1CC2CC(C(N)=O)CC2C1NC(O)C(C)(C)NS(=O)(=O)c1c(F)cccc1F. The number of aliphatic hydroxyl groups is 1. The molecule has 0 spiro atoms. The Kier molecular flexibility index (Phi) is 6.26. The number of nitrogens with two attached hydrogens (primary N) is 1. The summed E-state index contributed by atoms with van der Waals surface area (Å²) in [7, 11) is -4.57. The molecule has 6 atom stereocenters. The van der Waals surface area contributed by atoms with E-state index in [0.717, 1.165) is 31.0 Å². The first kappa shape index (κ1) is 23.1. The van der Waals surface area contributed by atoms with Gasteiger partial charge in [-0.2, -0.15) is 0 Å². The van der Waals surface area contributed by atoms with Crippen molar-refractivity contribution in [2.24, 2.45) is 29.4 Å². The van der Waals surface area contributed by atoms with Crippen molar-refractivity contribution in [3.63, 3.8) is 0 Å². The number of amides is 1. The Hall–Kier alpha value is -1.62. The van der Waals surface area contributed by atoms with Gasteiger partial charge in [-0.15, -0.1) is 0 Å². The molecule has 3 rings (SSSR count). The summed E-state index contributed by atoms with van der Waals surface area (Å²) in [5.41, 5.74) is 3.99. The smallest absolute Gasteiger partial charge is 0.247 e. The van der Waals surface area contributed by atoms with Gasteiger partial charge in [0.05, 0.1) is 5.54 Å². The van der Waals surface area contributed by atoms with Crippen LogP contribution in [0.25, 0.3) is 0 Å². The maximum absolute atomic E-state index is 14.0. The van der Waals surface area contributed by atoms with Crippen LogP contribution in [0.4, 0.5) is 8.78 Å². The first-order valence-corrected chi connectivity index (χ1v) is 11.5. The second-order valence-corrected chi connectivity index (χ2v) is 10.8. The molecule has 0 aromatic heterocycles. The van der Waals surface area contributed by atoms with E-state index >= 15 is 0 Å². The Morgan fingerprint density at radius 2 is 1.83 bits per heavy atom. The molecule has 6 unspecified atom stereocenters. The number of sulfonamides is 1. The van der Waals surface area contributed by atoms with Gasteiger partial charge in [-0.1, -0.05) is 13.0 Å². The van der Waals surface area contributed by atoms with Crippen molar-refractivity contribution >= 4 is 15.9 Å². The highest BCUT2D eigenvalue weighted by Gasteiger charge is 2.49. The molecule has 2 fully saturated rings. The lowest BCUT2D eigenvalue weighted by Gasteiger charge is -2.36. The largest absolute Gasteiger partial charge is 0.377 e. The number of halogens is 2. The van der Waals surface area contributed by atoms with E-state index in [0.29, 0.717) is 12.3 Å². The van der Waals surface area contributed by atoms with Gasteiger partial charge in [-0.05, 0) is 63.0 Å². The number of rotatable bonds is 7. The molecule has 2 aliphatic carbocycles. The monoisotopic (exact) mass is 445 g/mol. The molecule has 0 bridgehead atoms. The number of aliphatic hydroxyl groups excluding tert-OH is 1. The molecule has 1 aromatic carbocycles. The van der Waals surface area contributed by atoms with E-state index in [9.17, 15) is 27.1 Å². The summed E-state index contributed by atoms with van der Waals surface area (Å²) >= 11 is 0. The fraction of sp³-hybridized carbons (Fsp3) is 0.650. The van der Waals surface area contributed by atoms with Crippen LogP contribution >= 0.6 is 0 Å². The van der Waals surface area contributed by atoms with E-state index in [2.05, 4.69) is 10.0 Å². The molecular formula is C20H29F2N3O4S. The summed E-state index contributed by atoms with van der Waals surface area (Å²) in [6, 6.07) is 2.65. The highest BCUT2D eigenvalue weighted by molar-refractivity contribution is 7.89. The minimum Gasteiger partial charge on any atom is -0.377 e. The Morgan fingerprint density at radius 1 is 1.23 bits per heavy atom. The zero-order chi connectivity index (χ0) is 22.4. The maximum atomic E-state index is 14.0. The van der Waals surface area contributed by atoms with E-state index in [1.165, 1.54) is 13.8 Å². The van der Waals surface area contributed by atoms with Gasteiger partial charge in [0.25, 0.3) is 0 Å². The lowest BCUT2D eigenvalue weighted by molar-refractivity contribution is -0.121. The zero-order valence-electron chi connectivity index (χ0n) is 17.2. The molecule has 2 saturated carbocycles. The number of nitrogens with one attached hydrogen (secondary N) is 2. The molecule has 1 amide bonds. The first-order chi connectivity index (χ1) is 13.8. The molecule has 0 heterocycles. The number of carbonyl (C=O) groups is 1. The molecule has 0 aliphatic heterocycles. The number of carbonyl (C=O) groups excluding carboxylic acids is 1. The Morgan fingerprint density at radius 3 is 2.40 bits per heavy atom. The topological polar surface area (TPSA) is 122 Å². The van der Waals surface area contributed by atoms with E-state index in [4.69, 9.17) is 5.73 Å². The minimum atomic E-state index is -4.57. The van der Waals surface area contributed by atoms with Gasteiger partial charge in [0.15, 0.2) is 4.90 Å². The minimum absolute atomic E-state index is 0.136. The van der Waals surface area contributed by atoms with Crippen LogP contribution in [0.1, 0.15) is 40.0 Å². The van der Waals surface area contributed by atoms with Crippen molar-refractivity contribution in [2.75, 3.05) is 0 Å². The molecular weight excluding hydrogens is 416 g/mol. The molecule has 0 saturated heterocycles. The Balaban J connectivity index is 1.74. The number of primary amides is 1. The molecule has 168 valence electrons. The van der Waals surface area contributed by atoms with Crippen molar-refractivity contribution in [1.29, 1.82) is 0 Å². The fourth-order valence-corrected chi connectivity index (χ4v) is 6.57. The first-order valence-electron chi connectivity index (χ1n) is 10.0. The molecule has 5 N–H and O–H groups in total. The number of fused-ring (bicyclic) bond motifs is 1. The second-order valence-electron chi connectivity index (χ2n) is 9.18. The van der Waals surface area contributed by atoms with Gasteiger partial charge in [0.2, 0.25) is 15.9 Å². The lowest BCUT2D eigenvalue weighted by Crippen LogP contribution is -2.60. The zero-order valence-corrected chi connectivity index (χ0v) is 18.0. The van der Waals surface area contributed by atoms with Gasteiger partial charge in [0.1, 0.15) is 17.9 Å². The third kappa shape index (κ3) is 4.37. The van der Waals surface area contributed by atoms with Crippen LogP contribution in [0.5, 0.6) is 0 Å². The normalized spacial score (nSPS) is 30.3. The van der Waals surface area contributed by atoms with Crippen molar-refractivity contribution in [3.05, 3.63) is 29.8 Å². The average Bonchev–Trinajstić information content (AvgIpc) is 3.12. The van der Waals surface area contributed by atoms with Gasteiger partial charge in [0, 0.05) is 12.0 Å². The van der Waals surface area contributed by atoms with Gasteiger partial charge in [-0.25, -0.2) is 21.9 Å². The maximum Gasteiger partial charge on any atom is 0.247 e. The average molecular weight is 446 g/mol. The highest BCUT2D eigenvalue weighted by Crippen LogP contribution is 2.49. The predicted molar refractivity (Wildman–Crippen MR) is 106 cm³/mol. The molecule has 10 heteroatoms. The lowest BCUT2D eigenvalue weighted by atomic mass is 9.92. The molecule has 1 aromatic rings. The van der Waals surface area contributed by atoms with Crippen molar-refractivity contribution in [1.82, 2.24) is 10.0 Å². The number of benzene rings is 1. The summed E-state index contributed by atoms with van der Waals surface area (Å²) < 4.78 is 55.4. The standard InChI is InChI=1S/C20H29F2N3O4S/c1-10-7-11-8-12(18(23)26)9-13(11)16(10)24-19(27)20(2,3)25-30(28,29)17-14(21)5-4-6-15(17)22/h4-6,10-13,16,19,24-25,27H,7-9H2,1-3H3,(H2,23,26). The van der Waals surface area contributed by atoms with Crippen LogP contribution in [0.15, 0.2) is 23.1 Å². The fourth-order valence-electron chi connectivity index (χ4n) is 5.02. The van der Waals surface area contributed by atoms with Crippen molar-refractivity contribution < 1.29 is 27.1 Å². The van der Waals surface area contributed by atoms with Crippen LogP contribution in [0.2, 0.25) is 0 Å². The van der Waals surface area contributed by atoms with E-state index < -0.39 is 38.3 Å². The van der Waals surface area contributed by atoms with Crippen LogP contribution in [0, 0.1) is 35.3 Å². The molecule has 2 aliphatic rings. The predicted octanol–water partition coefficient (Wildman–Crippen LogP) is 1.47. The van der Waals surface area contributed by atoms with Crippen LogP contribution in [0.3, 0.4) is 0 Å². The Bertz CT molecular complexity index is 904. The van der Waals surface area contributed by atoms with Crippen LogP contribution in [-0.4, -0.2) is 37.2 Å². The third-order valence-electron chi connectivity index (χ3n) is 6.52. The summed E-state index contributed by atoms with van der Waals surface area (Å²) in [6.07, 6.45) is 0.898. The van der Waals surface area contributed by atoms with Crippen molar-refractivity contribution in [2.45, 2.75) is 62.7 Å². The van der Waals surface area contributed by atoms with Gasteiger partial charge >= 0.3 is 0 Å². The molecule has 0 radical (unpaired) electrons. The number of hydrogen-bond donors (Lipinski definition) is 4. The summed E-state index contributed by atoms with van der Waals surface area (Å²) in [4.78, 5) is 10.5. The summed E-state index contributed by atoms with van der Waals surface area (Å²) in [6.45, 7) is 4.89. The van der Waals surface area contributed by atoms with Crippen molar-refractivity contribution in [3.8, 4) is 0 Å². The van der Waals surface area contributed by atoms with E-state index in [1.807, 2.05) is 6.92 Å². The third-order valence-corrected chi connectivity index (χ3v) is 8.24.